The van der Waals surface area contributed by atoms with E-state index in [1.165, 1.54) is 10.8 Å². The van der Waals surface area contributed by atoms with Crippen LogP contribution in [0.3, 0.4) is 0 Å². The van der Waals surface area contributed by atoms with Crippen molar-refractivity contribution < 1.29 is 0 Å². The molecule has 0 fully saturated rings. The van der Waals surface area contributed by atoms with Crippen LogP contribution in [0.25, 0.3) is 32.3 Å². The third-order valence-corrected chi connectivity index (χ3v) is 6.18. The van der Waals surface area contributed by atoms with Gasteiger partial charge in [0.2, 0.25) is 5.69 Å². The Morgan fingerprint density at radius 2 is 1.78 bits per heavy atom. The average Bonchev–Trinajstić information content (AvgIpc) is 3.51. The Balaban J connectivity index is 1.52. The smallest absolute Gasteiger partial charge is 0.261 e. The minimum absolute atomic E-state index is 0.0972. The van der Waals surface area contributed by atoms with Gasteiger partial charge in [0.1, 0.15) is 11.5 Å². The minimum Gasteiger partial charge on any atom is -0.355 e. The SMILES string of the molecule is [C-]#[N+]c1cnn2c3ccccc3c(=O)n(Cc3nc(N(C)Cc4cnn(C)c4)c4ccccc4n3)c12. The topological polar surface area (TPSA) is 90.5 Å². The van der Waals surface area contributed by atoms with Gasteiger partial charge in [-0.3, -0.25) is 14.0 Å². The third-order valence-electron chi connectivity index (χ3n) is 6.18. The molecule has 0 aliphatic carbocycles. The van der Waals surface area contributed by atoms with Crippen LogP contribution in [0.1, 0.15) is 11.4 Å². The van der Waals surface area contributed by atoms with Crippen LogP contribution in [-0.4, -0.2) is 41.0 Å². The molecule has 6 rings (SSSR count). The molecule has 0 N–H and O–H groups in total. The van der Waals surface area contributed by atoms with Gasteiger partial charge in [-0.1, -0.05) is 24.3 Å². The average molecular weight is 476 g/mol. The Labute approximate surface area is 205 Å². The van der Waals surface area contributed by atoms with Gasteiger partial charge >= 0.3 is 0 Å². The molecule has 6 aromatic rings. The first kappa shape index (κ1) is 21.5. The highest BCUT2D eigenvalue weighted by Crippen LogP contribution is 2.26. The largest absolute Gasteiger partial charge is 0.355 e. The molecule has 0 spiro atoms. The number of benzene rings is 2. The van der Waals surface area contributed by atoms with Crippen molar-refractivity contribution in [2.75, 3.05) is 11.9 Å². The number of hydrogen-bond acceptors (Lipinski definition) is 6. The Morgan fingerprint density at radius 1 is 1.00 bits per heavy atom. The molecule has 0 aliphatic rings. The lowest BCUT2D eigenvalue weighted by molar-refractivity contribution is 0.725. The maximum Gasteiger partial charge on any atom is 0.261 e. The van der Waals surface area contributed by atoms with Crippen molar-refractivity contribution in [3.8, 4) is 0 Å². The van der Waals surface area contributed by atoms with Crippen molar-refractivity contribution in [2.45, 2.75) is 13.1 Å². The molecule has 0 unspecified atom stereocenters. The van der Waals surface area contributed by atoms with E-state index in [9.17, 15) is 4.79 Å². The van der Waals surface area contributed by atoms with Crippen LogP contribution in [0.5, 0.6) is 0 Å². The van der Waals surface area contributed by atoms with Gasteiger partial charge in [0, 0.05) is 37.8 Å². The molecule has 4 heterocycles. The molecule has 2 aromatic carbocycles. The molecule has 0 saturated carbocycles. The molecule has 10 nitrogen and oxygen atoms in total. The lowest BCUT2D eigenvalue weighted by atomic mass is 10.2. The van der Waals surface area contributed by atoms with E-state index >= 15 is 0 Å². The number of nitrogens with zero attached hydrogens (tertiary/aromatic N) is 9. The van der Waals surface area contributed by atoms with Crippen LogP contribution in [0, 0.1) is 6.57 Å². The molecule has 0 bridgehead atoms. The summed E-state index contributed by atoms with van der Waals surface area (Å²) < 4.78 is 4.95. The van der Waals surface area contributed by atoms with Crippen molar-refractivity contribution in [1.82, 2.24) is 33.9 Å². The molecule has 0 atom stereocenters. The molecule has 0 saturated heterocycles. The van der Waals surface area contributed by atoms with E-state index in [1.807, 2.05) is 73.9 Å². The zero-order valence-electron chi connectivity index (χ0n) is 19.7. The first-order chi connectivity index (χ1) is 17.5. The fourth-order valence-electron chi connectivity index (χ4n) is 4.58. The highest BCUT2D eigenvalue weighted by molar-refractivity contribution is 5.89. The van der Waals surface area contributed by atoms with Gasteiger partial charge in [-0.15, -0.1) is 0 Å². The molecule has 0 amide bonds. The summed E-state index contributed by atoms with van der Waals surface area (Å²) in [5, 5.41) is 10.1. The summed E-state index contributed by atoms with van der Waals surface area (Å²) in [5.41, 5.74) is 2.99. The van der Waals surface area contributed by atoms with Gasteiger partial charge in [0.15, 0.2) is 5.82 Å². The number of rotatable bonds is 5. The second-order valence-electron chi connectivity index (χ2n) is 8.64. The maximum atomic E-state index is 13.6. The number of fused-ring (bicyclic) bond motifs is 4. The van der Waals surface area contributed by atoms with E-state index < -0.39 is 0 Å². The molecule has 0 radical (unpaired) electrons. The first-order valence-electron chi connectivity index (χ1n) is 11.3. The van der Waals surface area contributed by atoms with Crippen LogP contribution in [0.4, 0.5) is 11.5 Å². The Morgan fingerprint density at radius 3 is 2.56 bits per heavy atom. The molecule has 36 heavy (non-hydrogen) atoms. The van der Waals surface area contributed by atoms with Gasteiger partial charge in [0.05, 0.1) is 41.9 Å². The summed E-state index contributed by atoms with van der Waals surface area (Å²) in [6.07, 6.45) is 5.29. The lowest BCUT2D eigenvalue weighted by Gasteiger charge is -2.20. The second-order valence-corrected chi connectivity index (χ2v) is 8.64. The molecule has 10 heteroatoms. The summed E-state index contributed by atoms with van der Waals surface area (Å²) in [6, 6.07) is 15.1. The molecule has 4 aromatic heterocycles. The second kappa shape index (κ2) is 8.32. The molecular weight excluding hydrogens is 454 g/mol. The highest BCUT2D eigenvalue weighted by Gasteiger charge is 2.18. The standard InChI is InChI=1S/C26H21N9O/c1-27-21-13-29-35-22-11-7-5-9-19(22)26(36)34(25(21)35)16-23-30-20-10-6-4-8-18(20)24(31-23)32(2)14-17-12-28-33(3)15-17/h4-13,15H,14,16H2,2-3H3. The van der Waals surface area contributed by atoms with E-state index in [-0.39, 0.29) is 12.1 Å². The van der Waals surface area contributed by atoms with Gasteiger partial charge in [-0.25, -0.2) is 19.3 Å². The summed E-state index contributed by atoms with van der Waals surface area (Å²) >= 11 is 0. The Bertz CT molecular complexity index is 1870. The number of anilines is 1. The number of aryl methyl sites for hydroxylation is 1. The fraction of sp³-hybridized carbons (Fsp3) is 0.154. The predicted octanol–water partition coefficient (Wildman–Crippen LogP) is 3.56. The van der Waals surface area contributed by atoms with Crippen LogP contribution in [-0.2, 0) is 20.1 Å². The summed E-state index contributed by atoms with van der Waals surface area (Å²) in [6.45, 7) is 8.32. The van der Waals surface area contributed by atoms with Gasteiger partial charge in [-0.05, 0) is 24.3 Å². The van der Waals surface area contributed by atoms with E-state index in [4.69, 9.17) is 16.5 Å². The quantitative estimate of drug-likeness (QED) is 0.354. The van der Waals surface area contributed by atoms with Crippen molar-refractivity contribution in [3.63, 3.8) is 0 Å². The Kier molecular flexibility index (Phi) is 4.97. The van der Waals surface area contributed by atoms with Crippen molar-refractivity contribution in [3.05, 3.63) is 100 Å². The predicted molar refractivity (Wildman–Crippen MR) is 137 cm³/mol. The van der Waals surface area contributed by atoms with Gasteiger partial charge in [-0.2, -0.15) is 10.2 Å². The van der Waals surface area contributed by atoms with E-state index in [0.717, 1.165) is 22.3 Å². The Hall–Kier alpha value is -5.04. The van der Waals surface area contributed by atoms with E-state index in [2.05, 4.69) is 15.0 Å². The monoisotopic (exact) mass is 475 g/mol. The normalized spacial score (nSPS) is 11.4. The first-order valence-corrected chi connectivity index (χ1v) is 11.3. The van der Waals surface area contributed by atoms with Crippen molar-refractivity contribution in [2.24, 2.45) is 7.05 Å². The minimum atomic E-state index is -0.217. The summed E-state index contributed by atoms with van der Waals surface area (Å²) in [5.74, 6) is 1.22. The van der Waals surface area contributed by atoms with Crippen LogP contribution in [0.15, 0.2) is 71.9 Å². The number of hydrogen-bond donors (Lipinski definition) is 0. The fourth-order valence-corrected chi connectivity index (χ4v) is 4.58. The van der Waals surface area contributed by atoms with Gasteiger partial charge in [0.25, 0.3) is 5.56 Å². The van der Waals surface area contributed by atoms with E-state index in [1.54, 1.807) is 15.3 Å². The zero-order chi connectivity index (χ0) is 24.8. The summed E-state index contributed by atoms with van der Waals surface area (Å²) in [4.78, 5) is 28.9. The van der Waals surface area contributed by atoms with E-state index in [0.29, 0.717) is 34.6 Å². The number of para-hydroxylation sites is 2. The third kappa shape index (κ3) is 3.45. The van der Waals surface area contributed by atoms with Crippen molar-refractivity contribution >= 4 is 39.0 Å². The molecule has 176 valence electrons. The molecule has 0 aliphatic heterocycles. The summed E-state index contributed by atoms with van der Waals surface area (Å²) in [7, 11) is 3.86. The van der Waals surface area contributed by atoms with Crippen LogP contribution >= 0.6 is 0 Å². The highest BCUT2D eigenvalue weighted by atomic mass is 16.1. The number of aromatic nitrogens is 7. The lowest BCUT2D eigenvalue weighted by Crippen LogP contribution is -2.25. The van der Waals surface area contributed by atoms with Crippen LogP contribution < -0.4 is 10.5 Å². The molecular formula is C26H21N9O. The zero-order valence-corrected chi connectivity index (χ0v) is 19.7. The van der Waals surface area contributed by atoms with Gasteiger partial charge < -0.3 is 4.90 Å². The van der Waals surface area contributed by atoms with Crippen molar-refractivity contribution in [1.29, 1.82) is 0 Å². The van der Waals surface area contributed by atoms with Crippen LogP contribution in [0.2, 0.25) is 0 Å². The maximum absolute atomic E-state index is 13.6.